The molecule has 3 aromatic rings. The molecule has 4 heteroatoms. The molecule has 0 saturated heterocycles. The molecule has 1 aliphatic rings. The summed E-state index contributed by atoms with van der Waals surface area (Å²) >= 11 is 6.37. The zero-order valence-electron chi connectivity index (χ0n) is 14.0. The summed E-state index contributed by atoms with van der Waals surface area (Å²) in [7, 11) is 0. The molecule has 3 N–H and O–H groups in total. The summed E-state index contributed by atoms with van der Waals surface area (Å²) in [5.74, 6) is 0. The fourth-order valence-corrected chi connectivity index (χ4v) is 3.79. The average Bonchev–Trinajstić information content (AvgIpc) is 2.64. The summed E-state index contributed by atoms with van der Waals surface area (Å²) in [6.07, 6.45) is 6.09. The van der Waals surface area contributed by atoms with Crippen LogP contribution in [0.1, 0.15) is 25.7 Å². The predicted molar refractivity (Wildman–Crippen MR) is 105 cm³/mol. The van der Waals surface area contributed by atoms with Gasteiger partial charge < -0.3 is 11.1 Å². The van der Waals surface area contributed by atoms with Crippen molar-refractivity contribution in [2.45, 2.75) is 37.8 Å². The number of benzene rings is 2. The minimum Gasteiger partial charge on any atom is -0.381 e. The van der Waals surface area contributed by atoms with Crippen LogP contribution in [0.2, 0.25) is 5.02 Å². The molecule has 1 aliphatic carbocycles. The Bertz CT molecular complexity index is 885. The normalized spacial score (nSPS) is 20.6. The van der Waals surface area contributed by atoms with Crippen LogP contribution in [0.3, 0.4) is 0 Å². The molecule has 1 aromatic heterocycles. The monoisotopic (exact) mass is 350 g/mol. The maximum atomic E-state index is 6.37. The Morgan fingerprint density at radius 2 is 1.88 bits per heavy atom. The van der Waals surface area contributed by atoms with Gasteiger partial charge in [-0.2, -0.15) is 0 Å². The van der Waals surface area contributed by atoms with Crippen molar-refractivity contribution >= 4 is 28.2 Å². The number of nitrogens with zero attached hydrogens (tertiary/aromatic N) is 1. The van der Waals surface area contributed by atoms with E-state index in [9.17, 15) is 0 Å². The number of nitrogens with two attached hydrogens (primary N) is 1. The molecule has 0 spiro atoms. The van der Waals surface area contributed by atoms with Gasteiger partial charge in [0, 0.05) is 40.3 Å². The first-order chi connectivity index (χ1) is 12.2. The van der Waals surface area contributed by atoms with Gasteiger partial charge in [0.05, 0.1) is 11.2 Å². The van der Waals surface area contributed by atoms with Gasteiger partial charge in [-0.25, -0.2) is 0 Å². The second-order valence-corrected chi connectivity index (χ2v) is 7.15. The van der Waals surface area contributed by atoms with Gasteiger partial charge in [-0.1, -0.05) is 35.9 Å². The quantitative estimate of drug-likeness (QED) is 0.696. The van der Waals surface area contributed by atoms with Crippen LogP contribution in [-0.2, 0) is 0 Å². The van der Waals surface area contributed by atoms with E-state index in [0.29, 0.717) is 12.1 Å². The molecule has 1 fully saturated rings. The molecule has 4 rings (SSSR count). The Morgan fingerprint density at radius 1 is 1.08 bits per heavy atom. The Balaban J connectivity index is 1.70. The fourth-order valence-electron chi connectivity index (χ4n) is 3.54. The summed E-state index contributed by atoms with van der Waals surface area (Å²) in [5, 5.41) is 5.49. The molecular formula is C21H21ClN3. The second kappa shape index (κ2) is 7.03. The molecule has 0 unspecified atom stereocenters. The summed E-state index contributed by atoms with van der Waals surface area (Å²) in [6.45, 7) is 0. The number of hydrogen-bond acceptors (Lipinski definition) is 3. The summed E-state index contributed by atoms with van der Waals surface area (Å²) < 4.78 is 0. The predicted octanol–water partition coefficient (Wildman–Crippen LogP) is 5.04. The van der Waals surface area contributed by atoms with Crippen LogP contribution < -0.4 is 11.1 Å². The molecule has 0 atom stereocenters. The Morgan fingerprint density at radius 3 is 2.68 bits per heavy atom. The van der Waals surface area contributed by atoms with Crippen LogP contribution in [0.15, 0.2) is 48.7 Å². The van der Waals surface area contributed by atoms with Crippen LogP contribution in [0.5, 0.6) is 0 Å². The van der Waals surface area contributed by atoms with Gasteiger partial charge in [0.25, 0.3) is 0 Å². The third-order valence-corrected chi connectivity index (χ3v) is 5.31. The maximum Gasteiger partial charge on any atom is 0.0723 e. The standard InChI is InChI=1S/C21H21ClN3/c22-19-4-2-1-3-17(19)14-5-10-20-18(13-14)21(11-12-24-20)25-16-8-6-15(23)7-9-16/h1-5,10,12-13,15-16H,6-9,23H2,(H,24,25). The minimum atomic E-state index is 0.350. The van der Waals surface area contributed by atoms with Crippen LogP contribution in [-0.4, -0.2) is 17.1 Å². The van der Waals surface area contributed by atoms with Crippen molar-refractivity contribution in [1.29, 1.82) is 0 Å². The number of fused-ring (bicyclic) bond motifs is 1. The minimum absolute atomic E-state index is 0.350. The lowest BCUT2D eigenvalue weighted by Crippen LogP contribution is -2.32. The van der Waals surface area contributed by atoms with E-state index in [4.69, 9.17) is 17.3 Å². The Labute approximate surface area is 153 Å². The molecule has 127 valence electrons. The van der Waals surface area contributed by atoms with E-state index in [1.807, 2.05) is 30.3 Å². The summed E-state index contributed by atoms with van der Waals surface area (Å²) in [6, 6.07) is 18.3. The second-order valence-electron chi connectivity index (χ2n) is 6.75. The zero-order valence-corrected chi connectivity index (χ0v) is 14.8. The molecule has 1 saturated carbocycles. The number of hydrogen-bond donors (Lipinski definition) is 2. The van der Waals surface area contributed by atoms with E-state index in [1.165, 1.54) is 0 Å². The largest absolute Gasteiger partial charge is 0.381 e. The first-order valence-electron chi connectivity index (χ1n) is 8.78. The highest BCUT2D eigenvalue weighted by molar-refractivity contribution is 6.33. The SMILES string of the molecule is NC1CCC(Nc2[c]cnc3ccc(-c4ccccc4Cl)cc23)CC1. The third-order valence-electron chi connectivity index (χ3n) is 4.98. The first kappa shape index (κ1) is 16.4. The molecule has 0 amide bonds. The lowest BCUT2D eigenvalue weighted by atomic mass is 9.91. The average molecular weight is 351 g/mol. The molecule has 0 aliphatic heterocycles. The topological polar surface area (TPSA) is 50.9 Å². The van der Waals surface area contributed by atoms with Gasteiger partial charge in [-0.15, -0.1) is 0 Å². The van der Waals surface area contributed by atoms with E-state index in [0.717, 1.165) is 58.4 Å². The highest BCUT2D eigenvalue weighted by Gasteiger charge is 2.19. The molecule has 1 radical (unpaired) electrons. The van der Waals surface area contributed by atoms with Crippen molar-refractivity contribution in [3.63, 3.8) is 0 Å². The number of halogens is 1. The van der Waals surface area contributed by atoms with E-state index >= 15 is 0 Å². The van der Waals surface area contributed by atoms with Crippen LogP contribution in [0.25, 0.3) is 22.0 Å². The molecule has 2 aromatic carbocycles. The smallest absolute Gasteiger partial charge is 0.0723 e. The maximum absolute atomic E-state index is 6.37. The lowest BCUT2D eigenvalue weighted by Gasteiger charge is -2.28. The highest BCUT2D eigenvalue weighted by Crippen LogP contribution is 2.32. The van der Waals surface area contributed by atoms with Crippen LogP contribution in [0.4, 0.5) is 5.69 Å². The molecule has 0 bridgehead atoms. The highest BCUT2D eigenvalue weighted by atomic mass is 35.5. The lowest BCUT2D eigenvalue weighted by molar-refractivity contribution is 0.411. The van der Waals surface area contributed by atoms with Gasteiger partial charge in [-0.05, 0) is 49.4 Å². The number of rotatable bonds is 3. The summed E-state index contributed by atoms with van der Waals surface area (Å²) in [4.78, 5) is 4.46. The van der Waals surface area contributed by atoms with E-state index in [2.05, 4.69) is 28.5 Å². The molecule has 25 heavy (non-hydrogen) atoms. The van der Waals surface area contributed by atoms with Gasteiger partial charge in [-0.3, -0.25) is 4.98 Å². The Hall–Kier alpha value is -2.10. The van der Waals surface area contributed by atoms with Crippen molar-refractivity contribution in [1.82, 2.24) is 4.98 Å². The van der Waals surface area contributed by atoms with E-state index < -0.39 is 0 Å². The van der Waals surface area contributed by atoms with Gasteiger partial charge >= 0.3 is 0 Å². The number of aromatic nitrogens is 1. The van der Waals surface area contributed by atoms with Crippen molar-refractivity contribution in [2.24, 2.45) is 5.73 Å². The first-order valence-corrected chi connectivity index (χ1v) is 9.16. The number of anilines is 1. The van der Waals surface area contributed by atoms with Gasteiger partial charge in [0.1, 0.15) is 0 Å². The number of nitrogens with one attached hydrogen (secondary N) is 1. The van der Waals surface area contributed by atoms with Crippen molar-refractivity contribution < 1.29 is 0 Å². The fraction of sp³-hybridized carbons (Fsp3) is 0.286. The van der Waals surface area contributed by atoms with Crippen LogP contribution >= 0.6 is 11.6 Å². The Kier molecular flexibility index (Phi) is 4.60. The zero-order chi connectivity index (χ0) is 17.2. The summed E-state index contributed by atoms with van der Waals surface area (Å²) in [5.41, 5.74) is 10.1. The van der Waals surface area contributed by atoms with Crippen molar-refractivity contribution in [3.8, 4) is 11.1 Å². The van der Waals surface area contributed by atoms with Crippen molar-refractivity contribution in [2.75, 3.05) is 5.32 Å². The molecular weight excluding hydrogens is 330 g/mol. The third kappa shape index (κ3) is 3.48. The number of pyridine rings is 1. The van der Waals surface area contributed by atoms with Crippen molar-refractivity contribution in [3.05, 3.63) is 59.8 Å². The van der Waals surface area contributed by atoms with Gasteiger partial charge in [0.15, 0.2) is 0 Å². The van der Waals surface area contributed by atoms with E-state index in [-0.39, 0.29) is 0 Å². The van der Waals surface area contributed by atoms with Crippen LogP contribution in [0, 0.1) is 6.07 Å². The molecule has 3 nitrogen and oxygen atoms in total. The molecule has 1 heterocycles. The van der Waals surface area contributed by atoms with Gasteiger partial charge in [0.2, 0.25) is 0 Å². The van der Waals surface area contributed by atoms with E-state index in [1.54, 1.807) is 6.20 Å².